The zero-order valence-corrected chi connectivity index (χ0v) is 5.09. The molecular weight excluding hydrogens is 140 g/mol. The minimum absolute atomic E-state index is 0. The van der Waals surface area contributed by atoms with Crippen molar-refractivity contribution < 1.29 is 16.4 Å². The van der Waals surface area contributed by atoms with Crippen LogP contribution in [0.15, 0.2) is 23.3 Å². The van der Waals surface area contributed by atoms with Crippen molar-refractivity contribution in [2.24, 2.45) is 0 Å². The Morgan fingerprint density at radius 1 is 1.30 bits per heavy atom. The number of aromatic nitrogens is 2. The molecule has 60 valence electrons. The van der Waals surface area contributed by atoms with E-state index in [2.05, 4.69) is 9.97 Å². The van der Waals surface area contributed by atoms with Crippen LogP contribution < -0.4 is 5.69 Å². The summed E-state index contributed by atoms with van der Waals surface area (Å²) in [5, 5.41) is 0. The van der Waals surface area contributed by atoms with Crippen LogP contribution in [0.4, 0.5) is 0 Å². The third kappa shape index (κ3) is 4.91. The van der Waals surface area contributed by atoms with Gasteiger partial charge in [0.05, 0.1) is 0 Å². The van der Waals surface area contributed by atoms with Crippen LogP contribution >= 0.6 is 0 Å². The molecule has 1 rings (SSSR count). The van der Waals surface area contributed by atoms with Crippen molar-refractivity contribution in [1.82, 2.24) is 9.97 Å². The molecule has 1 aromatic rings. The fourth-order valence-corrected chi connectivity index (χ4v) is 0.310. The summed E-state index contributed by atoms with van der Waals surface area (Å²) >= 11 is 0. The number of nitrogens with one attached hydrogen (secondary N) is 1. The standard InChI is InChI=1S/C4H4N2O.3H2O/c7-4-5-2-1-3-6-4;;;/h1-3H,(H,5,6,7);3*1H2. The lowest BCUT2D eigenvalue weighted by atomic mass is 10.7. The van der Waals surface area contributed by atoms with E-state index in [0.29, 0.717) is 0 Å². The molecule has 0 aliphatic heterocycles. The van der Waals surface area contributed by atoms with E-state index in [1.165, 1.54) is 12.4 Å². The molecule has 0 saturated carbocycles. The van der Waals surface area contributed by atoms with Crippen LogP contribution in [0.1, 0.15) is 0 Å². The van der Waals surface area contributed by atoms with Crippen molar-refractivity contribution in [3.05, 3.63) is 28.9 Å². The zero-order chi connectivity index (χ0) is 5.11. The van der Waals surface area contributed by atoms with Gasteiger partial charge in [0.1, 0.15) is 0 Å². The summed E-state index contributed by atoms with van der Waals surface area (Å²) in [7, 11) is 0. The van der Waals surface area contributed by atoms with Crippen LogP contribution in [-0.4, -0.2) is 26.4 Å². The number of nitrogens with zero attached hydrogens (tertiary/aromatic N) is 1. The van der Waals surface area contributed by atoms with Gasteiger partial charge in [-0.25, -0.2) is 9.78 Å². The fourth-order valence-electron chi connectivity index (χ4n) is 0.310. The Bertz CT molecular complexity index is 181. The van der Waals surface area contributed by atoms with Crippen LogP contribution in [0.2, 0.25) is 0 Å². The van der Waals surface area contributed by atoms with Gasteiger partial charge in [0.25, 0.3) is 0 Å². The first-order valence-electron chi connectivity index (χ1n) is 1.89. The molecule has 6 heteroatoms. The minimum Gasteiger partial charge on any atom is -0.412 e. The van der Waals surface area contributed by atoms with Gasteiger partial charge in [-0.15, -0.1) is 0 Å². The predicted octanol–water partition coefficient (Wildman–Crippen LogP) is -2.70. The van der Waals surface area contributed by atoms with E-state index in [9.17, 15) is 4.79 Å². The first-order chi connectivity index (χ1) is 3.39. The van der Waals surface area contributed by atoms with Gasteiger partial charge in [0, 0.05) is 12.4 Å². The number of aromatic amines is 1. The second-order valence-electron chi connectivity index (χ2n) is 1.09. The average Bonchev–Trinajstić information content (AvgIpc) is 1.69. The van der Waals surface area contributed by atoms with Gasteiger partial charge in [-0.3, -0.25) is 0 Å². The Morgan fingerprint density at radius 3 is 2.10 bits per heavy atom. The lowest BCUT2D eigenvalue weighted by molar-refractivity contribution is 0.823. The van der Waals surface area contributed by atoms with Crippen molar-refractivity contribution in [3.63, 3.8) is 0 Å². The normalized spacial score (nSPS) is 6.00. The molecule has 0 atom stereocenters. The third-order valence-corrected chi connectivity index (χ3v) is 0.581. The quantitative estimate of drug-likeness (QED) is 0.429. The van der Waals surface area contributed by atoms with Crippen molar-refractivity contribution >= 4 is 0 Å². The maximum atomic E-state index is 10.1. The van der Waals surface area contributed by atoms with Gasteiger partial charge in [-0.1, -0.05) is 0 Å². The molecule has 0 bridgehead atoms. The third-order valence-electron chi connectivity index (χ3n) is 0.581. The van der Waals surface area contributed by atoms with E-state index in [0.717, 1.165) is 0 Å². The number of hydrogen-bond donors (Lipinski definition) is 1. The second-order valence-corrected chi connectivity index (χ2v) is 1.09. The molecule has 1 aromatic heterocycles. The summed E-state index contributed by atoms with van der Waals surface area (Å²) in [6.45, 7) is 0. The Balaban J connectivity index is -0.000000163. The summed E-state index contributed by atoms with van der Waals surface area (Å²) in [6, 6.07) is 1.65. The molecule has 0 aliphatic carbocycles. The van der Waals surface area contributed by atoms with Gasteiger partial charge in [-0.05, 0) is 6.07 Å². The van der Waals surface area contributed by atoms with Gasteiger partial charge in [-0.2, -0.15) is 0 Å². The fraction of sp³-hybridized carbons (Fsp3) is 0. The van der Waals surface area contributed by atoms with Crippen LogP contribution in [-0.2, 0) is 0 Å². The smallest absolute Gasteiger partial charge is 0.344 e. The van der Waals surface area contributed by atoms with E-state index in [4.69, 9.17) is 0 Å². The first-order valence-corrected chi connectivity index (χ1v) is 1.89. The van der Waals surface area contributed by atoms with Crippen LogP contribution in [0.3, 0.4) is 0 Å². The SMILES string of the molecule is O.O.O.O=c1nccc[nH]1. The Morgan fingerprint density at radius 2 is 1.90 bits per heavy atom. The molecule has 6 nitrogen and oxygen atoms in total. The molecule has 0 radical (unpaired) electrons. The van der Waals surface area contributed by atoms with Gasteiger partial charge in [0.15, 0.2) is 0 Å². The number of hydrogen-bond acceptors (Lipinski definition) is 2. The predicted molar refractivity (Wildman–Crippen MR) is 35.7 cm³/mol. The van der Waals surface area contributed by atoms with Crippen molar-refractivity contribution in [2.75, 3.05) is 0 Å². The average molecular weight is 150 g/mol. The van der Waals surface area contributed by atoms with E-state index < -0.39 is 0 Å². The van der Waals surface area contributed by atoms with Gasteiger partial charge < -0.3 is 21.4 Å². The second kappa shape index (κ2) is 7.76. The van der Waals surface area contributed by atoms with Crippen molar-refractivity contribution in [3.8, 4) is 0 Å². The molecule has 0 spiro atoms. The monoisotopic (exact) mass is 150 g/mol. The van der Waals surface area contributed by atoms with E-state index >= 15 is 0 Å². The molecule has 7 N–H and O–H groups in total. The number of rotatable bonds is 0. The highest BCUT2D eigenvalue weighted by molar-refractivity contribution is 4.75. The largest absolute Gasteiger partial charge is 0.412 e. The minimum atomic E-state index is -0.303. The molecule has 0 amide bonds. The summed E-state index contributed by atoms with van der Waals surface area (Å²) in [5.41, 5.74) is -0.303. The Hall–Kier alpha value is -1.24. The first kappa shape index (κ1) is 15.9. The highest BCUT2D eigenvalue weighted by Gasteiger charge is 1.70. The maximum absolute atomic E-state index is 10.1. The molecule has 1 heterocycles. The molecule has 0 fully saturated rings. The molecule has 0 unspecified atom stereocenters. The molecule has 10 heavy (non-hydrogen) atoms. The van der Waals surface area contributed by atoms with Crippen molar-refractivity contribution in [2.45, 2.75) is 0 Å². The highest BCUT2D eigenvalue weighted by atomic mass is 16.1. The summed E-state index contributed by atoms with van der Waals surface area (Å²) < 4.78 is 0. The summed E-state index contributed by atoms with van der Waals surface area (Å²) in [6.07, 6.45) is 2.98. The Labute approximate surface area is 56.5 Å². The molecule has 0 saturated heterocycles. The number of H-pyrrole nitrogens is 1. The van der Waals surface area contributed by atoms with E-state index in [1.807, 2.05) is 0 Å². The topological polar surface area (TPSA) is 140 Å². The van der Waals surface area contributed by atoms with Gasteiger partial charge in [0.2, 0.25) is 0 Å². The lowest BCUT2D eigenvalue weighted by Gasteiger charge is -1.72. The highest BCUT2D eigenvalue weighted by Crippen LogP contribution is 1.60. The maximum Gasteiger partial charge on any atom is 0.344 e. The molecule has 0 aromatic carbocycles. The van der Waals surface area contributed by atoms with E-state index in [1.54, 1.807) is 6.07 Å². The van der Waals surface area contributed by atoms with Crippen LogP contribution in [0.5, 0.6) is 0 Å². The summed E-state index contributed by atoms with van der Waals surface area (Å²) in [5.74, 6) is 0. The summed E-state index contributed by atoms with van der Waals surface area (Å²) in [4.78, 5) is 15.8. The van der Waals surface area contributed by atoms with Crippen molar-refractivity contribution in [1.29, 1.82) is 0 Å². The van der Waals surface area contributed by atoms with Crippen LogP contribution in [0.25, 0.3) is 0 Å². The molecule has 0 aliphatic rings. The Kier molecular flexibility index (Phi) is 12.3. The van der Waals surface area contributed by atoms with Crippen LogP contribution in [0, 0.1) is 0 Å². The van der Waals surface area contributed by atoms with E-state index in [-0.39, 0.29) is 22.1 Å². The zero-order valence-electron chi connectivity index (χ0n) is 5.09. The van der Waals surface area contributed by atoms with Gasteiger partial charge >= 0.3 is 5.69 Å². The lowest BCUT2D eigenvalue weighted by Crippen LogP contribution is -2.05. The molecular formula is C4H10N2O4.